The molecular weight excluding hydrogens is 394 g/mol. The first kappa shape index (κ1) is 21.9. The van der Waals surface area contributed by atoms with E-state index < -0.39 is 0 Å². The van der Waals surface area contributed by atoms with Crippen LogP contribution in [0.1, 0.15) is 18.9 Å². The second-order valence-corrected chi connectivity index (χ2v) is 7.31. The molecule has 7 heteroatoms. The molecule has 0 radical (unpaired) electrons. The summed E-state index contributed by atoms with van der Waals surface area (Å²) in [6.45, 7) is 4.14. The van der Waals surface area contributed by atoms with E-state index in [4.69, 9.17) is 4.74 Å². The highest BCUT2D eigenvalue weighted by atomic mass is 16.5. The van der Waals surface area contributed by atoms with Gasteiger partial charge in [-0.2, -0.15) is 0 Å². The average molecular weight is 419 g/mol. The second kappa shape index (κ2) is 10.3. The number of ether oxygens (including phenoxy) is 1. The Morgan fingerprint density at radius 2 is 1.94 bits per heavy atom. The molecule has 1 fully saturated rings. The molecule has 2 aromatic rings. The molecule has 7 nitrogen and oxygen atoms in total. The normalized spacial score (nSPS) is 15.1. The van der Waals surface area contributed by atoms with Crippen molar-refractivity contribution in [1.82, 2.24) is 5.32 Å². The maximum atomic E-state index is 12.4. The number of carbonyl (C=O) groups excluding carboxylic acids is 3. The third kappa shape index (κ3) is 6.34. The fourth-order valence-electron chi connectivity index (χ4n) is 3.23. The molecule has 1 heterocycles. The van der Waals surface area contributed by atoms with Gasteiger partial charge in [0.25, 0.3) is 0 Å². The molecule has 2 N–H and O–H groups in total. The molecule has 0 aliphatic carbocycles. The van der Waals surface area contributed by atoms with E-state index in [-0.39, 0.29) is 43.2 Å². The highest BCUT2D eigenvalue weighted by molar-refractivity contribution is 6.00. The topological polar surface area (TPSA) is 87.7 Å². The van der Waals surface area contributed by atoms with Crippen LogP contribution in [0.2, 0.25) is 0 Å². The van der Waals surface area contributed by atoms with Gasteiger partial charge in [-0.3, -0.25) is 14.4 Å². The summed E-state index contributed by atoms with van der Waals surface area (Å²) in [5.41, 5.74) is 2.58. The molecular formula is C24H25N3O4. The molecule has 0 bridgehead atoms. The van der Waals surface area contributed by atoms with Gasteiger partial charge in [0, 0.05) is 37.3 Å². The van der Waals surface area contributed by atoms with Crippen LogP contribution >= 0.6 is 0 Å². The van der Waals surface area contributed by atoms with Crippen LogP contribution < -0.4 is 20.3 Å². The molecule has 1 aliphatic heterocycles. The van der Waals surface area contributed by atoms with E-state index >= 15 is 0 Å². The zero-order valence-corrected chi connectivity index (χ0v) is 17.6. The number of hydrogen-bond acceptors (Lipinski definition) is 4. The van der Waals surface area contributed by atoms with E-state index in [1.54, 1.807) is 29.2 Å². The minimum absolute atomic E-state index is 0.0509. The van der Waals surface area contributed by atoms with Crippen LogP contribution in [0.15, 0.2) is 48.5 Å². The first-order valence-corrected chi connectivity index (χ1v) is 10.0. The molecule has 2 aromatic carbocycles. The lowest BCUT2D eigenvalue weighted by atomic mass is 10.1. The number of carbonyl (C=O) groups is 3. The third-order valence-corrected chi connectivity index (χ3v) is 4.78. The van der Waals surface area contributed by atoms with Gasteiger partial charge in [0.15, 0.2) is 0 Å². The van der Waals surface area contributed by atoms with Crippen LogP contribution in [0.25, 0.3) is 0 Å². The monoisotopic (exact) mass is 419 g/mol. The van der Waals surface area contributed by atoms with Crippen LogP contribution in [0.5, 0.6) is 5.75 Å². The lowest BCUT2D eigenvalue weighted by Crippen LogP contribution is -2.33. The van der Waals surface area contributed by atoms with E-state index in [1.807, 2.05) is 31.2 Å². The molecule has 0 spiro atoms. The number of rotatable bonds is 6. The van der Waals surface area contributed by atoms with Crippen LogP contribution in [-0.4, -0.2) is 37.4 Å². The Balaban J connectivity index is 1.42. The molecule has 31 heavy (non-hydrogen) atoms. The Morgan fingerprint density at radius 1 is 1.16 bits per heavy atom. The molecule has 3 rings (SSSR count). The van der Waals surface area contributed by atoms with Crippen molar-refractivity contribution in [2.45, 2.75) is 20.3 Å². The summed E-state index contributed by atoms with van der Waals surface area (Å²) in [5, 5.41) is 5.45. The average Bonchev–Trinajstić information content (AvgIpc) is 3.12. The van der Waals surface area contributed by atoms with Gasteiger partial charge >= 0.3 is 0 Å². The van der Waals surface area contributed by atoms with Gasteiger partial charge in [0.2, 0.25) is 17.7 Å². The van der Waals surface area contributed by atoms with E-state index in [0.717, 1.165) is 11.3 Å². The highest BCUT2D eigenvalue weighted by Gasteiger charge is 2.34. The van der Waals surface area contributed by atoms with E-state index in [0.29, 0.717) is 18.0 Å². The highest BCUT2D eigenvalue weighted by Crippen LogP contribution is 2.25. The quantitative estimate of drug-likeness (QED) is 0.705. The van der Waals surface area contributed by atoms with Gasteiger partial charge in [0.05, 0.1) is 12.5 Å². The molecule has 160 valence electrons. The van der Waals surface area contributed by atoms with Crippen molar-refractivity contribution in [3.8, 4) is 17.6 Å². The Morgan fingerprint density at radius 3 is 2.68 bits per heavy atom. The summed E-state index contributed by atoms with van der Waals surface area (Å²) in [6, 6.07) is 14.7. The summed E-state index contributed by atoms with van der Waals surface area (Å²) in [7, 11) is 0. The zero-order valence-electron chi connectivity index (χ0n) is 17.6. The molecule has 1 saturated heterocycles. The van der Waals surface area contributed by atoms with Crippen molar-refractivity contribution >= 4 is 29.1 Å². The van der Waals surface area contributed by atoms with E-state index in [9.17, 15) is 14.4 Å². The van der Waals surface area contributed by atoms with Crippen molar-refractivity contribution in [3.63, 3.8) is 0 Å². The van der Waals surface area contributed by atoms with E-state index in [1.165, 1.54) is 6.92 Å². The number of hydrogen-bond donors (Lipinski definition) is 2. The maximum absolute atomic E-state index is 12.4. The van der Waals surface area contributed by atoms with Crippen LogP contribution in [0, 0.1) is 24.7 Å². The summed E-state index contributed by atoms with van der Waals surface area (Å²) in [5.74, 6) is 5.50. The minimum atomic E-state index is -0.386. The largest absolute Gasteiger partial charge is 0.481 e. The van der Waals surface area contributed by atoms with Gasteiger partial charge in [-0.1, -0.05) is 35.6 Å². The lowest BCUT2D eigenvalue weighted by Gasteiger charge is -2.16. The third-order valence-electron chi connectivity index (χ3n) is 4.78. The summed E-state index contributed by atoms with van der Waals surface area (Å²) < 4.78 is 5.53. The molecule has 1 atom stereocenters. The molecule has 3 amide bonds. The van der Waals surface area contributed by atoms with Crippen molar-refractivity contribution < 1.29 is 19.1 Å². The first-order chi connectivity index (χ1) is 14.9. The maximum Gasteiger partial charge on any atom is 0.227 e. The lowest BCUT2D eigenvalue weighted by molar-refractivity contribution is -0.126. The first-order valence-electron chi connectivity index (χ1n) is 10.0. The van der Waals surface area contributed by atoms with E-state index in [2.05, 4.69) is 22.5 Å². The number of aryl methyl sites for hydroxylation is 1. The van der Waals surface area contributed by atoms with Gasteiger partial charge in [0.1, 0.15) is 12.4 Å². The zero-order chi connectivity index (χ0) is 22.2. The summed E-state index contributed by atoms with van der Waals surface area (Å²) in [6.07, 6.45) is 0.195. The van der Waals surface area contributed by atoms with Crippen molar-refractivity contribution in [1.29, 1.82) is 0 Å². The number of nitrogens with one attached hydrogen (secondary N) is 2. The number of nitrogens with zero attached hydrogens (tertiary/aromatic N) is 1. The molecule has 1 unspecified atom stereocenters. The second-order valence-electron chi connectivity index (χ2n) is 7.31. The Hall–Kier alpha value is -3.79. The SMILES string of the molecule is CC(=O)Nc1cccc(OCC#CCNC(=O)C2CC(=O)N(c3ccc(C)cc3)C2)c1. The van der Waals surface area contributed by atoms with Gasteiger partial charge in [-0.25, -0.2) is 0 Å². The molecule has 0 aromatic heterocycles. The molecule has 1 aliphatic rings. The minimum Gasteiger partial charge on any atom is -0.481 e. The Labute approximate surface area is 181 Å². The number of amides is 3. The Bertz CT molecular complexity index is 1020. The smallest absolute Gasteiger partial charge is 0.227 e. The summed E-state index contributed by atoms with van der Waals surface area (Å²) >= 11 is 0. The fourth-order valence-corrected chi connectivity index (χ4v) is 3.23. The number of benzene rings is 2. The predicted molar refractivity (Wildman–Crippen MR) is 119 cm³/mol. The van der Waals surface area contributed by atoms with Crippen molar-refractivity contribution in [3.05, 3.63) is 54.1 Å². The van der Waals surface area contributed by atoms with Gasteiger partial charge in [-0.15, -0.1) is 0 Å². The number of anilines is 2. The van der Waals surface area contributed by atoms with Crippen molar-refractivity contribution in [2.75, 3.05) is 29.9 Å². The van der Waals surface area contributed by atoms with Gasteiger partial charge < -0.3 is 20.3 Å². The Kier molecular flexibility index (Phi) is 7.28. The molecule has 0 saturated carbocycles. The van der Waals surface area contributed by atoms with Crippen LogP contribution in [-0.2, 0) is 14.4 Å². The fraction of sp³-hybridized carbons (Fsp3) is 0.292. The summed E-state index contributed by atoms with van der Waals surface area (Å²) in [4.78, 5) is 37.4. The van der Waals surface area contributed by atoms with Crippen molar-refractivity contribution in [2.24, 2.45) is 5.92 Å². The predicted octanol–water partition coefficient (Wildman–Crippen LogP) is 2.50. The standard InChI is InChI=1S/C24H25N3O4/c1-17-8-10-21(11-9-17)27-16-19(14-23(27)29)24(30)25-12-3-4-13-31-22-7-5-6-20(15-22)26-18(2)28/h5-11,15,19H,12-14,16H2,1-2H3,(H,25,30)(H,26,28). The van der Waals surface area contributed by atoms with Crippen LogP contribution in [0.4, 0.5) is 11.4 Å². The van der Waals surface area contributed by atoms with Crippen LogP contribution in [0.3, 0.4) is 0 Å². The van der Waals surface area contributed by atoms with Gasteiger partial charge in [-0.05, 0) is 31.2 Å².